The number of ether oxygens (including phenoxy) is 1. The number of nitrogens with zero attached hydrogens (tertiary/aromatic N) is 2. The first-order valence-electron chi connectivity index (χ1n) is 4.27. The van der Waals surface area contributed by atoms with Gasteiger partial charge in [0.05, 0.1) is 29.8 Å². The van der Waals surface area contributed by atoms with E-state index in [1.165, 1.54) is 0 Å². The van der Waals surface area contributed by atoms with Gasteiger partial charge in [0.2, 0.25) is 0 Å². The van der Waals surface area contributed by atoms with Crippen molar-refractivity contribution in [2.24, 2.45) is 0 Å². The third-order valence-electron chi connectivity index (χ3n) is 1.72. The van der Waals surface area contributed by atoms with Gasteiger partial charge in [0.15, 0.2) is 5.75 Å². The van der Waals surface area contributed by atoms with E-state index in [9.17, 15) is 18.3 Å². The fourth-order valence-corrected chi connectivity index (χ4v) is 1.28. The zero-order valence-corrected chi connectivity index (χ0v) is 9.01. The molecule has 0 atom stereocenters. The summed E-state index contributed by atoms with van der Waals surface area (Å²) in [7, 11) is 0. The summed E-state index contributed by atoms with van der Waals surface area (Å²) in [6, 6.07) is 2.39. The number of hydrogen-bond acceptors (Lipinski definition) is 4. The van der Waals surface area contributed by atoms with Crippen LogP contribution in [0.15, 0.2) is 6.07 Å². The summed E-state index contributed by atoms with van der Waals surface area (Å²) in [4.78, 5) is 3.64. The average Bonchev–Trinajstić information content (AvgIpc) is 2.20. The van der Waals surface area contributed by atoms with Gasteiger partial charge in [-0.1, -0.05) is 0 Å². The minimum Gasteiger partial charge on any atom is -0.506 e. The molecule has 0 aromatic carbocycles. The van der Waals surface area contributed by atoms with Crippen molar-refractivity contribution in [2.45, 2.75) is 18.7 Å². The number of alkyl halides is 4. The van der Waals surface area contributed by atoms with E-state index in [1.54, 1.807) is 6.07 Å². The molecule has 0 aliphatic rings. The number of aromatic nitrogens is 1. The van der Waals surface area contributed by atoms with E-state index in [2.05, 4.69) is 9.72 Å². The van der Waals surface area contributed by atoms with Crippen molar-refractivity contribution in [1.29, 1.82) is 5.26 Å². The second kappa shape index (κ2) is 5.10. The van der Waals surface area contributed by atoms with Crippen molar-refractivity contribution in [3.8, 4) is 17.6 Å². The highest BCUT2D eigenvalue weighted by Gasteiger charge is 2.32. The van der Waals surface area contributed by atoms with Crippen molar-refractivity contribution in [3.05, 3.63) is 17.5 Å². The van der Waals surface area contributed by atoms with Crippen LogP contribution >= 0.6 is 11.6 Å². The zero-order chi connectivity index (χ0) is 13.1. The van der Waals surface area contributed by atoms with E-state index in [0.717, 1.165) is 6.07 Å². The Balaban J connectivity index is 3.19. The molecule has 1 aromatic rings. The van der Waals surface area contributed by atoms with Gasteiger partial charge in [0.25, 0.3) is 0 Å². The van der Waals surface area contributed by atoms with Crippen LogP contribution in [0.3, 0.4) is 0 Å². The summed E-state index contributed by atoms with van der Waals surface area (Å²) < 4.78 is 39.8. The van der Waals surface area contributed by atoms with E-state index in [0.29, 0.717) is 0 Å². The molecule has 0 spiro atoms. The molecule has 0 fully saturated rings. The molecule has 0 bridgehead atoms. The van der Waals surface area contributed by atoms with Gasteiger partial charge in [-0.2, -0.15) is 5.26 Å². The first kappa shape index (κ1) is 13.4. The SMILES string of the molecule is N#CCc1nc(CCl)c(O)cc1OC(F)(F)F. The summed E-state index contributed by atoms with van der Waals surface area (Å²) in [6.45, 7) is 0. The van der Waals surface area contributed by atoms with Gasteiger partial charge in [-0.05, 0) is 0 Å². The van der Waals surface area contributed by atoms with Crippen LogP contribution in [0.2, 0.25) is 0 Å². The second-order valence-corrected chi connectivity index (χ2v) is 3.18. The fourth-order valence-electron chi connectivity index (χ4n) is 1.08. The number of rotatable bonds is 3. The second-order valence-electron chi connectivity index (χ2n) is 2.92. The summed E-state index contributed by atoms with van der Waals surface area (Å²) in [5, 5.41) is 17.8. The molecule has 0 unspecified atom stereocenters. The lowest BCUT2D eigenvalue weighted by Crippen LogP contribution is -2.18. The van der Waals surface area contributed by atoms with E-state index in [1.807, 2.05) is 0 Å². The van der Waals surface area contributed by atoms with Gasteiger partial charge in [-0.15, -0.1) is 24.8 Å². The number of hydrogen-bond donors (Lipinski definition) is 1. The van der Waals surface area contributed by atoms with Crippen LogP contribution in [0.1, 0.15) is 11.4 Å². The maximum Gasteiger partial charge on any atom is 0.573 e. The molecule has 1 rings (SSSR count). The van der Waals surface area contributed by atoms with Crippen molar-refractivity contribution >= 4 is 11.6 Å². The van der Waals surface area contributed by atoms with Crippen LogP contribution in [-0.2, 0) is 12.3 Å². The Hall–Kier alpha value is -1.68. The van der Waals surface area contributed by atoms with Crippen LogP contribution in [0.5, 0.6) is 11.5 Å². The topological polar surface area (TPSA) is 66.1 Å². The molecule has 8 heteroatoms. The Morgan fingerprint density at radius 2 is 2.12 bits per heavy atom. The quantitative estimate of drug-likeness (QED) is 0.854. The molecule has 0 saturated heterocycles. The molecule has 0 saturated carbocycles. The molecule has 0 radical (unpaired) electrons. The molecule has 0 aliphatic carbocycles. The molecule has 0 amide bonds. The number of aromatic hydroxyl groups is 1. The maximum absolute atomic E-state index is 12.0. The van der Waals surface area contributed by atoms with E-state index >= 15 is 0 Å². The van der Waals surface area contributed by atoms with Crippen LogP contribution in [0.25, 0.3) is 0 Å². The maximum atomic E-state index is 12.0. The minimum absolute atomic E-state index is 0.00792. The number of pyridine rings is 1. The molecular formula is C9H6ClF3N2O2. The van der Waals surface area contributed by atoms with Crippen LogP contribution in [0.4, 0.5) is 13.2 Å². The smallest absolute Gasteiger partial charge is 0.506 e. The highest BCUT2D eigenvalue weighted by atomic mass is 35.5. The lowest BCUT2D eigenvalue weighted by atomic mass is 10.2. The third kappa shape index (κ3) is 3.67. The molecule has 1 heterocycles. The zero-order valence-electron chi connectivity index (χ0n) is 8.25. The van der Waals surface area contributed by atoms with Crippen molar-refractivity contribution in [3.63, 3.8) is 0 Å². The number of halogens is 4. The van der Waals surface area contributed by atoms with Gasteiger partial charge in [-0.25, -0.2) is 4.98 Å². The van der Waals surface area contributed by atoms with Gasteiger partial charge < -0.3 is 9.84 Å². The van der Waals surface area contributed by atoms with E-state index in [-0.39, 0.29) is 23.7 Å². The van der Waals surface area contributed by atoms with Crippen molar-refractivity contribution in [1.82, 2.24) is 4.98 Å². The Morgan fingerprint density at radius 3 is 2.59 bits per heavy atom. The lowest BCUT2D eigenvalue weighted by molar-refractivity contribution is -0.275. The van der Waals surface area contributed by atoms with Gasteiger partial charge in [0.1, 0.15) is 5.75 Å². The van der Waals surface area contributed by atoms with Crippen molar-refractivity contribution in [2.75, 3.05) is 0 Å². The largest absolute Gasteiger partial charge is 0.573 e. The molecule has 17 heavy (non-hydrogen) atoms. The first-order valence-corrected chi connectivity index (χ1v) is 4.81. The molecular weight excluding hydrogens is 261 g/mol. The molecule has 1 aromatic heterocycles. The molecule has 0 aliphatic heterocycles. The summed E-state index contributed by atoms with van der Waals surface area (Å²) in [5.74, 6) is -1.40. The summed E-state index contributed by atoms with van der Waals surface area (Å²) in [5.41, 5.74) is -0.232. The molecule has 1 N–H and O–H groups in total. The van der Waals surface area contributed by atoms with Gasteiger partial charge >= 0.3 is 6.36 Å². The monoisotopic (exact) mass is 266 g/mol. The Kier molecular flexibility index (Phi) is 4.02. The van der Waals surface area contributed by atoms with E-state index in [4.69, 9.17) is 16.9 Å². The predicted molar refractivity (Wildman–Crippen MR) is 51.5 cm³/mol. The first-order chi connectivity index (χ1) is 7.87. The standard InChI is InChI=1S/C9H6ClF3N2O2/c10-4-6-7(16)3-8(17-9(11,12)13)5(15-6)1-2-14/h3,16H,1,4H2. The van der Waals surface area contributed by atoms with Crippen molar-refractivity contribution < 1.29 is 23.0 Å². The summed E-state index contributed by atoms with van der Waals surface area (Å²) in [6.07, 6.45) is -5.30. The normalized spacial score (nSPS) is 11.0. The number of nitriles is 1. The van der Waals surface area contributed by atoms with E-state index < -0.39 is 17.9 Å². The van der Waals surface area contributed by atoms with Crippen LogP contribution in [-0.4, -0.2) is 16.5 Å². The van der Waals surface area contributed by atoms with Gasteiger partial charge in [0, 0.05) is 6.07 Å². The highest BCUT2D eigenvalue weighted by Crippen LogP contribution is 2.31. The average molecular weight is 267 g/mol. The molecule has 92 valence electrons. The Bertz CT molecular complexity index is 457. The van der Waals surface area contributed by atoms with Gasteiger partial charge in [-0.3, -0.25) is 0 Å². The predicted octanol–water partition coefficient (Wildman–Crippen LogP) is 2.49. The molecule has 4 nitrogen and oxygen atoms in total. The fraction of sp³-hybridized carbons (Fsp3) is 0.333. The van der Waals surface area contributed by atoms with Crippen LogP contribution in [0, 0.1) is 11.3 Å². The minimum atomic E-state index is -4.92. The Labute approximate surface area is 99.2 Å². The lowest BCUT2D eigenvalue weighted by Gasteiger charge is -2.12. The van der Waals surface area contributed by atoms with Crippen LogP contribution < -0.4 is 4.74 Å². The summed E-state index contributed by atoms with van der Waals surface area (Å²) >= 11 is 5.42. The third-order valence-corrected chi connectivity index (χ3v) is 1.97. The highest BCUT2D eigenvalue weighted by molar-refractivity contribution is 6.17. The Morgan fingerprint density at radius 1 is 1.47 bits per heavy atom.